The summed E-state index contributed by atoms with van der Waals surface area (Å²) in [4.78, 5) is 11.0. The highest BCUT2D eigenvalue weighted by molar-refractivity contribution is 5.91. The molecule has 0 spiro atoms. The van der Waals surface area contributed by atoms with E-state index in [0.717, 1.165) is 18.2 Å². The van der Waals surface area contributed by atoms with Crippen LogP contribution in [0, 0.1) is 12.3 Å². The Morgan fingerprint density at radius 3 is 2.55 bits per heavy atom. The van der Waals surface area contributed by atoms with Crippen molar-refractivity contribution in [3.63, 3.8) is 0 Å². The predicted molar refractivity (Wildman–Crippen MR) is 60.3 cm³/mol. The number of benzene rings is 1. The second-order valence-electron chi connectivity index (χ2n) is 3.88. The molecule has 0 amide bonds. The molecule has 0 aliphatic carbocycles. The molecule has 0 saturated carbocycles. The van der Waals surface area contributed by atoms with Crippen molar-refractivity contribution in [1.29, 1.82) is 0 Å². The Labute approximate surface area is 111 Å². The first-order chi connectivity index (χ1) is 9.32. The molecule has 0 fully saturated rings. The lowest BCUT2D eigenvalue weighted by atomic mass is 10.0. The van der Waals surface area contributed by atoms with E-state index in [2.05, 4.69) is 16.1 Å². The first-order valence-corrected chi connectivity index (χ1v) is 5.26. The summed E-state index contributed by atoms with van der Waals surface area (Å²) >= 11 is 0. The van der Waals surface area contributed by atoms with Crippen LogP contribution in [0.4, 0.5) is 13.2 Å². The van der Waals surface area contributed by atoms with Crippen molar-refractivity contribution in [1.82, 2.24) is 0 Å². The summed E-state index contributed by atoms with van der Waals surface area (Å²) in [5, 5.41) is 15.0. The summed E-state index contributed by atoms with van der Waals surface area (Å²) in [6, 6.07) is 2.94. The second kappa shape index (κ2) is 4.52. The Hall–Kier alpha value is -2.56. The second-order valence-corrected chi connectivity index (χ2v) is 3.88. The van der Waals surface area contributed by atoms with Crippen molar-refractivity contribution < 1.29 is 27.8 Å². The standard InChI is InChI=1S/C12H7F3N2O3/c1-2-5-20-9-6-7(3-4-8(9)10(18)19)11(16-17-11)12(13,14)15/h1,3-4,6H,5H2,(H,18,19). The molecule has 20 heavy (non-hydrogen) atoms. The zero-order valence-corrected chi connectivity index (χ0v) is 9.81. The number of halogens is 3. The Morgan fingerprint density at radius 2 is 2.10 bits per heavy atom. The molecule has 0 radical (unpaired) electrons. The van der Waals surface area contributed by atoms with Crippen LogP contribution < -0.4 is 4.74 Å². The van der Waals surface area contributed by atoms with Gasteiger partial charge in [0.25, 0.3) is 0 Å². The fraction of sp³-hybridized carbons (Fsp3) is 0.250. The first kappa shape index (κ1) is 13.9. The number of carboxylic acids is 1. The van der Waals surface area contributed by atoms with Crippen LogP contribution in [0.15, 0.2) is 28.4 Å². The zero-order valence-electron chi connectivity index (χ0n) is 9.81. The van der Waals surface area contributed by atoms with Crippen molar-refractivity contribution in [2.75, 3.05) is 6.61 Å². The predicted octanol–water partition coefficient (Wildman–Crippen LogP) is 2.58. The van der Waals surface area contributed by atoms with Gasteiger partial charge < -0.3 is 9.84 Å². The molecule has 0 saturated heterocycles. The monoisotopic (exact) mass is 284 g/mol. The molecule has 1 aromatic carbocycles. The fourth-order valence-corrected chi connectivity index (χ4v) is 1.60. The van der Waals surface area contributed by atoms with E-state index in [1.54, 1.807) is 0 Å². The summed E-state index contributed by atoms with van der Waals surface area (Å²) in [5.74, 6) is 0.508. The summed E-state index contributed by atoms with van der Waals surface area (Å²) in [7, 11) is 0. The number of terminal acetylenes is 1. The van der Waals surface area contributed by atoms with Crippen LogP contribution in [0.1, 0.15) is 15.9 Å². The molecule has 0 bridgehead atoms. The quantitative estimate of drug-likeness (QED) is 0.864. The van der Waals surface area contributed by atoms with Crippen LogP contribution in [-0.2, 0) is 5.66 Å². The molecular weight excluding hydrogens is 277 g/mol. The average Bonchev–Trinajstić information content (AvgIpc) is 3.16. The fourth-order valence-electron chi connectivity index (χ4n) is 1.60. The van der Waals surface area contributed by atoms with E-state index in [1.165, 1.54) is 0 Å². The lowest BCUT2D eigenvalue weighted by molar-refractivity contribution is -0.166. The minimum Gasteiger partial charge on any atom is -0.480 e. The highest BCUT2D eigenvalue weighted by Crippen LogP contribution is 2.52. The van der Waals surface area contributed by atoms with Crippen molar-refractivity contribution >= 4 is 5.97 Å². The average molecular weight is 284 g/mol. The zero-order chi connectivity index (χ0) is 15.0. The third kappa shape index (κ3) is 2.18. The number of alkyl halides is 3. The maximum atomic E-state index is 12.8. The molecule has 0 unspecified atom stereocenters. The van der Waals surface area contributed by atoms with E-state index < -0.39 is 17.8 Å². The SMILES string of the molecule is C#CCOc1cc(C2(C(F)(F)F)N=N2)ccc1C(=O)O. The lowest BCUT2D eigenvalue weighted by Gasteiger charge is -2.16. The van der Waals surface area contributed by atoms with Gasteiger partial charge in [-0.3, -0.25) is 0 Å². The number of hydrogen-bond acceptors (Lipinski definition) is 4. The molecular formula is C12H7F3N2O3. The van der Waals surface area contributed by atoms with Crippen molar-refractivity contribution in [2.45, 2.75) is 11.8 Å². The lowest BCUT2D eigenvalue weighted by Crippen LogP contribution is -2.30. The van der Waals surface area contributed by atoms with E-state index in [1.807, 2.05) is 0 Å². The molecule has 1 aromatic rings. The van der Waals surface area contributed by atoms with Gasteiger partial charge >= 0.3 is 17.8 Å². The van der Waals surface area contributed by atoms with Gasteiger partial charge in [-0.1, -0.05) is 12.0 Å². The molecule has 8 heteroatoms. The van der Waals surface area contributed by atoms with Gasteiger partial charge in [-0.05, 0) is 12.1 Å². The van der Waals surface area contributed by atoms with E-state index in [4.69, 9.17) is 16.3 Å². The van der Waals surface area contributed by atoms with Crippen LogP contribution in [0.2, 0.25) is 0 Å². The molecule has 1 aliphatic heterocycles. The normalized spacial score (nSPS) is 15.5. The molecule has 104 valence electrons. The molecule has 0 atom stereocenters. The summed E-state index contributed by atoms with van der Waals surface area (Å²) in [5.41, 5.74) is -3.23. The van der Waals surface area contributed by atoms with E-state index >= 15 is 0 Å². The van der Waals surface area contributed by atoms with Crippen LogP contribution in [0.25, 0.3) is 0 Å². The van der Waals surface area contributed by atoms with Gasteiger partial charge in [0.05, 0.1) is 0 Å². The number of carbonyl (C=O) groups is 1. The number of nitrogens with zero attached hydrogens (tertiary/aromatic N) is 2. The van der Waals surface area contributed by atoms with Crippen LogP contribution in [0.3, 0.4) is 0 Å². The van der Waals surface area contributed by atoms with Crippen LogP contribution in [-0.4, -0.2) is 23.9 Å². The molecule has 0 aromatic heterocycles. The number of hydrogen-bond donors (Lipinski definition) is 1. The first-order valence-electron chi connectivity index (χ1n) is 5.26. The molecule has 1 heterocycles. The Bertz CT molecular complexity index is 626. The number of rotatable bonds is 4. The van der Waals surface area contributed by atoms with Crippen molar-refractivity contribution in [3.8, 4) is 18.1 Å². The minimum absolute atomic E-state index is 0.256. The van der Waals surface area contributed by atoms with E-state index in [-0.39, 0.29) is 23.5 Å². The van der Waals surface area contributed by atoms with Gasteiger partial charge in [0.15, 0.2) is 0 Å². The summed E-state index contributed by atoms with van der Waals surface area (Å²) in [6.07, 6.45) is 0.275. The highest BCUT2D eigenvalue weighted by atomic mass is 19.4. The third-order valence-corrected chi connectivity index (χ3v) is 2.62. The number of ether oxygens (including phenoxy) is 1. The van der Waals surface area contributed by atoms with Crippen molar-refractivity contribution in [2.24, 2.45) is 10.2 Å². The van der Waals surface area contributed by atoms with Crippen molar-refractivity contribution in [3.05, 3.63) is 29.3 Å². The van der Waals surface area contributed by atoms with Gasteiger partial charge in [0.1, 0.15) is 17.9 Å². The maximum absolute atomic E-state index is 12.8. The Morgan fingerprint density at radius 1 is 1.45 bits per heavy atom. The molecule has 5 nitrogen and oxygen atoms in total. The third-order valence-electron chi connectivity index (χ3n) is 2.62. The topological polar surface area (TPSA) is 71.2 Å². The van der Waals surface area contributed by atoms with E-state index in [0.29, 0.717) is 0 Å². The number of carboxylic acid groups (broad SMARTS) is 1. The summed E-state index contributed by atoms with van der Waals surface area (Å²) in [6.45, 7) is -0.267. The van der Waals surface area contributed by atoms with Gasteiger partial charge in [-0.25, -0.2) is 4.79 Å². The van der Waals surface area contributed by atoms with Crippen LogP contribution in [0.5, 0.6) is 5.75 Å². The Balaban J connectivity index is 2.43. The highest BCUT2D eigenvalue weighted by Gasteiger charge is 2.65. The Kier molecular flexibility index (Phi) is 3.13. The summed E-state index contributed by atoms with van der Waals surface area (Å²) < 4.78 is 43.5. The number of aromatic carboxylic acids is 1. The molecule has 1 N–H and O–H groups in total. The largest absolute Gasteiger partial charge is 0.480 e. The van der Waals surface area contributed by atoms with Crippen LogP contribution >= 0.6 is 0 Å². The molecule has 1 aliphatic rings. The molecule has 2 rings (SSSR count). The van der Waals surface area contributed by atoms with Gasteiger partial charge in [-0.2, -0.15) is 13.2 Å². The van der Waals surface area contributed by atoms with Gasteiger partial charge in [0, 0.05) is 5.56 Å². The van der Waals surface area contributed by atoms with Gasteiger partial charge in [-0.15, -0.1) is 16.7 Å². The van der Waals surface area contributed by atoms with E-state index in [9.17, 15) is 18.0 Å². The minimum atomic E-state index is -4.69. The maximum Gasteiger partial charge on any atom is 0.442 e. The van der Waals surface area contributed by atoms with Gasteiger partial charge in [0.2, 0.25) is 0 Å². The smallest absolute Gasteiger partial charge is 0.442 e.